The van der Waals surface area contributed by atoms with E-state index >= 15 is 0 Å². The summed E-state index contributed by atoms with van der Waals surface area (Å²) in [7, 11) is 0. The summed E-state index contributed by atoms with van der Waals surface area (Å²) in [4.78, 5) is 22.9. The van der Waals surface area contributed by atoms with E-state index in [4.69, 9.17) is 4.74 Å². The van der Waals surface area contributed by atoms with Crippen LogP contribution in [0.2, 0.25) is 0 Å². The van der Waals surface area contributed by atoms with E-state index in [2.05, 4.69) is 6.08 Å². The number of ketones is 1. The van der Waals surface area contributed by atoms with Crippen LogP contribution in [0.3, 0.4) is 0 Å². The highest BCUT2D eigenvalue weighted by atomic mass is 16.5. The molecule has 92 valence electrons. The zero-order chi connectivity index (χ0) is 12.5. The zero-order valence-electron chi connectivity index (χ0n) is 10.0. The van der Waals surface area contributed by atoms with Gasteiger partial charge in [0.1, 0.15) is 5.76 Å². The highest BCUT2D eigenvalue weighted by Gasteiger charge is 2.25. The Morgan fingerprint density at radius 2 is 1.94 bits per heavy atom. The lowest BCUT2D eigenvalue weighted by molar-refractivity contribution is -0.135. The van der Waals surface area contributed by atoms with Crippen molar-refractivity contribution < 1.29 is 14.3 Å². The van der Waals surface area contributed by atoms with Gasteiger partial charge in [-0.1, -0.05) is 12.2 Å². The highest BCUT2D eigenvalue weighted by Crippen LogP contribution is 2.34. The first-order valence-electron chi connectivity index (χ1n) is 6.29. The van der Waals surface area contributed by atoms with Crippen LogP contribution in [0, 0.1) is 5.92 Å². The third kappa shape index (κ3) is 2.08. The quantitative estimate of drug-likeness (QED) is 0.613. The Labute approximate surface area is 106 Å². The number of esters is 1. The number of allylic oxidation sites excluding steroid dienone is 5. The predicted molar refractivity (Wildman–Crippen MR) is 66.4 cm³/mol. The molecule has 3 heteroatoms. The maximum Gasteiger partial charge on any atom is 0.335 e. The molecule has 0 N–H and O–H groups in total. The average molecular weight is 242 g/mol. The standard InChI is InChI=1S/C15H14O3/c16-13-4-2-1-3-10-7-11-5-6-15(17)18-14(11)9-12(10)8-13/h5-9,11H,1-4H2/b12-8-. The van der Waals surface area contributed by atoms with Crippen LogP contribution in [-0.4, -0.2) is 11.8 Å². The van der Waals surface area contributed by atoms with Crippen molar-refractivity contribution in [3.8, 4) is 0 Å². The number of fused-ring (bicyclic) bond motifs is 2. The Kier molecular flexibility index (Phi) is 2.74. The fourth-order valence-corrected chi connectivity index (χ4v) is 2.54. The van der Waals surface area contributed by atoms with Crippen molar-refractivity contribution in [2.45, 2.75) is 25.7 Å². The van der Waals surface area contributed by atoms with E-state index in [-0.39, 0.29) is 17.7 Å². The molecule has 1 unspecified atom stereocenters. The number of hydrogen-bond acceptors (Lipinski definition) is 3. The summed E-state index contributed by atoms with van der Waals surface area (Å²) in [5.41, 5.74) is 2.11. The molecule has 0 aromatic carbocycles. The number of rotatable bonds is 0. The Morgan fingerprint density at radius 3 is 2.83 bits per heavy atom. The van der Waals surface area contributed by atoms with Crippen molar-refractivity contribution in [3.05, 3.63) is 47.3 Å². The van der Waals surface area contributed by atoms with Gasteiger partial charge < -0.3 is 4.74 Å². The molecule has 0 bridgehead atoms. The summed E-state index contributed by atoms with van der Waals surface area (Å²) in [6.07, 6.45) is 12.5. The Bertz CT molecular complexity index is 532. The Hall–Kier alpha value is -1.90. The fraction of sp³-hybridized carbons (Fsp3) is 0.333. The van der Waals surface area contributed by atoms with E-state index in [0.717, 1.165) is 24.8 Å². The van der Waals surface area contributed by atoms with E-state index in [1.807, 2.05) is 12.2 Å². The number of carbonyl (C=O) groups excluding carboxylic acids is 2. The van der Waals surface area contributed by atoms with Crippen LogP contribution in [-0.2, 0) is 14.3 Å². The van der Waals surface area contributed by atoms with Crippen LogP contribution >= 0.6 is 0 Å². The van der Waals surface area contributed by atoms with E-state index in [1.54, 1.807) is 6.08 Å². The lowest BCUT2D eigenvalue weighted by Gasteiger charge is -2.25. The van der Waals surface area contributed by atoms with Crippen molar-refractivity contribution in [1.82, 2.24) is 0 Å². The topological polar surface area (TPSA) is 43.4 Å². The minimum atomic E-state index is -0.341. The molecular weight excluding hydrogens is 228 g/mol. The van der Waals surface area contributed by atoms with Gasteiger partial charge in [-0.15, -0.1) is 0 Å². The lowest BCUT2D eigenvalue weighted by Crippen LogP contribution is -2.17. The normalized spacial score (nSPS) is 29.8. The number of ether oxygens (including phenoxy) is 1. The number of carbonyl (C=O) groups is 2. The summed E-state index contributed by atoms with van der Waals surface area (Å²) in [5.74, 6) is 0.492. The Balaban J connectivity index is 2.01. The van der Waals surface area contributed by atoms with Gasteiger partial charge in [-0.2, -0.15) is 0 Å². The molecule has 0 radical (unpaired) electrons. The zero-order valence-corrected chi connectivity index (χ0v) is 10.0. The molecule has 0 aromatic heterocycles. The molecule has 0 spiro atoms. The van der Waals surface area contributed by atoms with Gasteiger partial charge >= 0.3 is 5.97 Å². The van der Waals surface area contributed by atoms with Crippen molar-refractivity contribution in [2.75, 3.05) is 0 Å². The molecule has 3 rings (SSSR count). The summed E-state index contributed by atoms with van der Waals surface area (Å²) < 4.78 is 5.19. The second-order valence-electron chi connectivity index (χ2n) is 4.82. The monoisotopic (exact) mass is 242 g/mol. The first kappa shape index (κ1) is 11.2. The van der Waals surface area contributed by atoms with Gasteiger partial charge in [0.2, 0.25) is 0 Å². The molecular formula is C15H14O3. The highest BCUT2D eigenvalue weighted by molar-refractivity contribution is 5.92. The summed E-state index contributed by atoms with van der Waals surface area (Å²) in [6.45, 7) is 0. The fourth-order valence-electron chi connectivity index (χ4n) is 2.54. The van der Waals surface area contributed by atoms with E-state index in [9.17, 15) is 9.59 Å². The molecule has 0 saturated heterocycles. The molecule has 0 fully saturated rings. The minimum absolute atomic E-state index is 0.0457. The van der Waals surface area contributed by atoms with Gasteiger partial charge in [0, 0.05) is 12.5 Å². The third-order valence-corrected chi connectivity index (χ3v) is 3.47. The van der Waals surface area contributed by atoms with Gasteiger partial charge in [-0.3, -0.25) is 4.79 Å². The van der Waals surface area contributed by atoms with Crippen LogP contribution in [0.25, 0.3) is 0 Å². The average Bonchev–Trinajstić information content (AvgIpc) is 2.32. The van der Waals surface area contributed by atoms with Crippen LogP contribution in [0.1, 0.15) is 25.7 Å². The minimum Gasteiger partial charge on any atom is -0.427 e. The van der Waals surface area contributed by atoms with Crippen molar-refractivity contribution in [2.24, 2.45) is 5.92 Å². The molecule has 0 amide bonds. The van der Waals surface area contributed by atoms with Crippen LogP contribution in [0.5, 0.6) is 0 Å². The van der Waals surface area contributed by atoms with E-state index < -0.39 is 0 Å². The van der Waals surface area contributed by atoms with Crippen LogP contribution in [0.4, 0.5) is 0 Å². The molecule has 3 aliphatic rings. The smallest absolute Gasteiger partial charge is 0.335 e. The molecule has 1 heterocycles. The maximum atomic E-state index is 11.7. The van der Waals surface area contributed by atoms with Gasteiger partial charge in [0.15, 0.2) is 5.78 Å². The maximum absolute atomic E-state index is 11.7. The second-order valence-corrected chi connectivity index (χ2v) is 4.82. The molecule has 3 nitrogen and oxygen atoms in total. The van der Waals surface area contributed by atoms with Gasteiger partial charge in [0.05, 0.1) is 5.92 Å². The summed E-state index contributed by atoms with van der Waals surface area (Å²) >= 11 is 0. The van der Waals surface area contributed by atoms with Crippen molar-refractivity contribution >= 4 is 11.8 Å². The third-order valence-electron chi connectivity index (χ3n) is 3.47. The van der Waals surface area contributed by atoms with Crippen LogP contribution in [0.15, 0.2) is 47.3 Å². The first-order valence-corrected chi connectivity index (χ1v) is 6.29. The van der Waals surface area contributed by atoms with Crippen molar-refractivity contribution in [3.63, 3.8) is 0 Å². The molecule has 0 saturated carbocycles. The molecule has 1 aliphatic heterocycles. The van der Waals surface area contributed by atoms with Gasteiger partial charge in [-0.05, 0) is 42.6 Å². The molecule has 18 heavy (non-hydrogen) atoms. The summed E-state index contributed by atoms with van der Waals surface area (Å²) in [5, 5.41) is 0. The van der Waals surface area contributed by atoms with E-state index in [0.29, 0.717) is 12.2 Å². The molecule has 1 atom stereocenters. The SMILES string of the molecule is O=C1/C=C2/C=C3OC(=O)C=CC3C=C2CCCC1. The van der Waals surface area contributed by atoms with Crippen LogP contribution < -0.4 is 0 Å². The number of hydrogen-bond donors (Lipinski definition) is 0. The lowest BCUT2D eigenvalue weighted by atomic mass is 9.85. The largest absolute Gasteiger partial charge is 0.427 e. The summed E-state index contributed by atoms with van der Waals surface area (Å²) in [6, 6.07) is 0. The van der Waals surface area contributed by atoms with E-state index in [1.165, 1.54) is 11.6 Å². The van der Waals surface area contributed by atoms with Crippen molar-refractivity contribution in [1.29, 1.82) is 0 Å². The predicted octanol–water partition coefficient (Wildman–Crippen LogP) is 2.61. The molecule has 0 aromatic rings. The van der Waals surface area contributed by atoms with Gasteiger partial charge in [0.25, 0.3) is 0 Å². The Morgan fingerprint density at radius 1 is 1.11 bits per heavy atom. The molecule has 2 aliphatic carbocycles. The second kappa shape index (κ2) is 4.41. The first-order chi connectivity index (χ1) is 8.72. The van der Waals surface area contributed by atoms with Gasteiger partial charge in [-0.25, -0.2) is 4.79 Å².